The zero-order valence-electron chi connectivity index (χ0n) is 15.8. The molecule has 0 radical (unpaired) electrons. The number of thiol groups is 1. The molecule has 0 saturated heterocycles. The van der Waals surface area contributed by atoms with Gasteiger partial charge in [0.25, 0.3) is 0 Å². The molecular weight excluding hydrogens is 380 g/mol. The fourth-order valence-electron chi connectivity index (χ4n) is 2.76. The van der Waals surface area contributed by atoms with Crippen molar-refractivity contribution in [3.8, 4) is 0 Å². The van der Waals surface area contributed by atoms with E-state index in [2.05, 4.69) is 28.2 Å². The summed E-state index contributed by atoms with van der Waals surface area (Å²) >= 11 is 4.09. The van der Waals surface area contributed by atoms with E-state index in [1.54, 1.807) is 20.0 Å². The highest BCUT2D eigenvalue weighted by Gasteiger charge is 2.28. The minimum atomic E-state index is -1.17. The van der Waals surface area contributed by atoms with Crippen molar-refractivity contribution in [3.63, 3.8) is 0 Å². The minimum Gasteiger partial charge on any atom is -0.480 e. The summed E-state index contributed by atoms with van der Waals surface area (Å²) in [5.41, 5.74) is 7.45. The first-order chi connectivity index (χ1) is 13.2. The number of hydrogen-bond acceptors (Lipinski definition) is 5. The molecule has 6 N–H and O–H groups in total. The highest BCUT2D eigenvalue weighted by Crippen LogP contribution is 2.19. The summed E-state index contributed by atoms with van der Waals surface area (Å²) in [5.74, 6) is -2.35. The van der Waals surface area contributed by atoms with Crippen molar-refractivity contribution in [2.75, 3.05) is 5.75 Å². The molecule has 2 amide bonds. The van der Waals surface area contributed by atoms with Crippen molar-refractivity contribution < 1.29 is 19.5 Å². The predicted molar refractivity (Wildman–Crippen MR) is 110 cm³/mol. The molecule has 0 aliphatic heterocycles. The number of carbonyl (C=O) groups excluding carboxylic acids is 2. The lowest BCUT2D eigenvalue weighted by Gasteiger charge is -2.22. The molecule has 3 unspecified atom stereocenters. The molecule has 1 aromatic heterocycles. The fourth-order valence-corrected chi connectivity index (χ4v) is 3.01. The summed E-state index contributed by atoms with van der Waals surface area (Å²) in [6.07, 6.45) is 1.83. The Balaban J connectivity index is 2.08. The molecule has 0 aliphatic carbocycles. The Morgan fingerprint density at radius 1 is 1.14 bits per heavy atom. The molecule has 3 atom stereocenters. The molecule has 0 saturated carbocycles. The van der Waals surface area contributed by atoms with Crippen LogP contribution in [0.25, 0.3) is 10.9 Å². The Bertz CT molecular complexity index is 851. The van der Waals surface area contributed by atoms with Crippen LogP contribution in [-0.2, 0) is 20.8 Å². The SMILES string of the molecule is CC(C)C(N)C(=O)NC(CS)C(=O)NC(Cc1c[nH]c2ccccc12)C(=O)O. The number of H-pyrrole nitrogens is 1. The molecule has 0 spiro atoms. The van der Waals surface area contributed by atoms with Gasteiger partial charge in [0, 0.05) is 29.3 Å². The minimum absolute atomic E-state index is 0.0157. The number of para-hydroxylation sites is 1. The third kappa shape index (κ3) is 5.26. The lowest BCUT2D eigenvalue weighted by atomic mass is 10.0. The topological polar surface area (TPSA) is 137 Å². The number of fused-ring (bicyclic) bond motifs is 1. The van der Waals surface area contributed by atoms with E-state index in [-0.39, 0.29) is 18.1 Å². The van der Waals surface area contributed by atoms with Crippen molar-refractivity contribution in [2.45, 2.75) is 38.4 Å². The summed E-state index contributed by atoms with van der Waals surface area (Å²) in [6.45, 7) is 3.59. The Morgan fingerprint density at radius 3 is 2.39 bits per heavy atom. The van der Waals surface area contributed by atoms with E-state index in [1.807, 2.05) is 24.3 Å². The monoisotopic (exact) mass is 406 g/mol. The van der Waals surface area contributed by atoms with Gasteiger partial charge in [-0.1, -0.05) is 32.0 Å². The van der Waals surface area contributed by atoms with Gasteiger partial charge >= 0.3 is 5.97 Å². The number of carboxylic acids is 1. The summed E-state index contributed by atoms with van der Waals surface area (Å²) < 4.78 is 0. The molecule has 0 fully saturated rings. The van der Waals surface area contributed by atoms with Gasteiger partial charge in [-0.3, -0.25) is 9.59 Å². The van der Waals surface area contributed by atoms with Gasteiger partial charge in [-0.2, -0.15) is 12.6 Å². The highest BCUT2D eigenvalue weighted by molar-refractivity contribution is 7.80. The maximum atomic E-state index is 12.5. The number of amides is 2. The third-order valence-corrected chi connectivity index (χ3v) is 4.92. The standard InChI is InChI=1S/C19H26N4O4S/c1-10(2)16(20)18(25)23-15(9-28)17(24)22-14(19(26)27)7-11-8-21-13-6-4-3-5-12(11)13/h3-6,8,10,14-16,21,28H,7,9,20H2,1-2H3,(H,22,24)(H,23,25)(H,26,27). The second-order valence-electron chi connectivity index (χ2n) is 6.98. The van der Waals surface area contributed by atoms with Gasteiger partial charge in [0.1, 0.15) is 12.1 Å². The number of hydrogen-bond donors (Lipinski definition) is 6. The van der Waals surface area contributed by atoms with Crippen LogP contribution in [0.1, 0.15) is 19.4 Å². The van der Waals surface area contributed by atoms with E-state index in [4.69, 9.17) is 5.73 Å². The normalized spacial score (nSPS) is 14.5. The zero-order valence-corrected chi connectivity index (χ0v) is 16.7. The van der Waals surface area contributed by atoms with Crippen LogP contribution in [0.5, 0.6) is 0 Å². The van der Waals surface area contributed by atoms with Crippen LogP contribution in [0, 0.1) is 5.92 Å². The van der Waals surface area contributed by atoms with E-state index in [0.717, 1.165) is 16.5 Å². The average molecular weight is 407 g/mol. The number of nitrogens with one attached hydrogen (secondary N) is 3. The summed E-state index contributed by atoms with van der Waals surface area (Å²) in [4.78, 5) is 39.4. The quantitative estimate of drug-likeness (QED) is 0.340. The molecule has 28 heavy (non-hydrogen) atoms. The molecule has 1 heterocycles. The molecule has 152 valence electrons. The lowest BCUT2D eigenvalue weighted by molar-refractivity contribution is -0.142. The van der Waals surface area contributed by atoms with Crippen molar-refractivity contribution in [2.24, 2.45) is 11.7 Å². The van der Waals surface area contributed by atoms with Crippen LogP contribution in [0.4, 0.5) is 0 Å². The average Bonchev–Trinajstić information content (AvgIpc) is 3.07. The number of aliphatic carboxylic acids is 1. The Hall–Kier alpha value is -2.52. The number of rotatable bonds is 9. The van der Waals surface area contributed by atoms with Crippen LogP contribution in [0.2, 0.25) is 0 Å². The summed E-state index contributed by atoms with van der Waals surface area (Å²) in [6, 6.07) is 4.61. The number of nitrogens with two attached hydrogens (primary N) is 1. The number of benzene rings is 1. The molecule has 9 heteroatoms. The van der Waals surface area contributed by atoms with Crippen LogP contribution in [-0.4, -0.2) is 51.8 Å². The van der Waals surface area contributed by atoms with Crippen LogP contribution in [0.3, 0.4) is 0 Å². The summed E-state index contributed by atoms with van der Waals surface area (Å²) in [5, 5.41) is 15.4. The van der Waals surface area contributed by atoms with Crippen molar-refractivity contribution in [1.82, 2.24) is 15.6 Å². The number of aromatic nitrogens is 1. The van der Waals surface area contributed by atoms with Crippen LogP contribution in [0.15, 0.2) is 30.5 Å². The molecular formula is C19H26N4O4S. The molecule has 0 aliphatic rings. The number of aromatic amines is 1. The highest BCUT2D eigenvalue weighted by atomic mass is 32.1. The first kappa shape index (κ1) is 21.8. The van der Waals surface area contributed by atoms with Crippen LogP contribution >= 0.6 is 12.6 Å². The molecule has 0 bridgehead atoms. The van der Waals surface area contributed by atoms with Crippen LogP contribution < -0.4 is 16.4 Å². The van der Waals surface area contributed by atoms with E-state index in [9.17, 15) is 19.5 Å². The number of carboxylic acid groups (broad SMARTS) is 1. The number of carbonyl (C=O) groups is 3. The van der Waals surface area contributed by atoms with Gasteiger partial charge in [0.2, 0.25) is 11.8 Å². The van der Waals surface area contributed by atoms with E-state index < -0.39 is 35.9 Å². The summed E-state index contributed by atoms with van der Waals surface area (Å²) in [7, 11) is 0. The van der Waals surface area contributed by atoms with Crippen molar-refractivity contribution in [3.05, 3.63) is 36.0 Å². The van der Waals surface area contributed by atoms with Gasteiger partial charge in [0.05, 0.1) is 6.04 Å². The van der Waals surface area contributed by atoms with Gasteiger partial charge in [-0.25, -0.2) is 4.79 Å². The predicted octanol–water partition coefficient (Wildman–Crippen LogP) is 0.678. The Morgan fingerprint density at radius 2 is 1.79 bits per heavy atom. The fraction of sp³-hybridized carbons (Fsp3) is 0.421. The van der Waals surface area contributed by atoms with E-state index in [0.29, 0.717) is 0 Å². The second-order valence-corrected chi connectivity index (χ2v) is 7.34. The van der Waals surface area contributed by atoms with Crippen molar-refractivity contribution in [1.29, 1.82) is 0 Å². The van der Waals surface area contributed by atoms with Gasteiger partial charge in [-0.15, -0.1) is 0 Å². The van der Waals surface area contributed by atoms with E-state index >= 15 is 0 Å². The largest absolute Gasteiger partial charge is 0.480 e. The zero-order chi connectivity index (χ0) is 20.8. The van der Waals surface area contributed by atoms with E-state index in [1.165, 1.54) is 0 Å². The molecule has 1 aromatic carbocycles. The Kier molecular flexibility index (Phi) is 7.47. The maximum Gasteiger partial charge on any atom is 0.326 e. The molecule has 2 aromatic rings. The molecule has 8 nitrogen and oxygen atoms in total. The molecule has 2 rings (SSSR count). The first-order valence-electron chi connectivity index (χ1n) is 8.99. The maximum absolute atomic E-state index is 12.5. The second kappa shape index (κ2) is 9.61. The van der Waals surface area contributed by atoms with Gasteiger partial charge in [-0.05, 0) is 17.5 Å². The Labute approximate surface area is 168 Å². The smallest absolute Gasteiger partial charge is 0.326 e. The lowest BCUT2D eigenvalue weighted by Crippen LogP contribution is -2.56. The van der Waals surface area contributed by atoms with Crippen molar-refractivity contribution >= 4 is 41.3 Å². The van der Waals surface area contributed by atoms with Gasteiger partial charge < -0.3 is 26.5 Å². The van der Waals surface area contributed by atoms with Gasteiger partial charge in [0.15, 0.2) is 0 Å². The first-order valence-corrected chi connectivity index (χ1v) is 9.62. The third-order valence-electron chi connectivity index (χ3n) is 4.55.